The third-order valence-corrected chi connectivity index (χ3v) is 6.30. The summed E-state index contributed by atoms with van der Waals surface area (Å²) in [7, 11) is 2.23. The molecule has 1 heterocycles. The van der Waals surface area contributed by atoms with Gasteiger partial charge in [0.25, 0.3) is 5.69 Å². The van der Waals surface area contributed by atoms with Crippen molar-refractivity contribution in [2.75, 3.05) is 13.6 Å². The van der Waals surface area contributed by atoms with Crippen LogP contribution in [0.4, 0.5) is 5.69 Å². The summed E-state index contributed by atoms with van der Waals surface area (Å²) in [5.74, 6) is 0.749. The zero-order valence-corrected chi connectivity index (χ0v) is 12.5. The molecule has 0 radical (unpaired) electrons. The van der Waals surface area contributed by atoms with Gasteiger partial charge in [0.05, 0.1) is 4.92 Å². The van der Waals surface area contributed by atoms with Crippen LogP contribution in [0.25, 0.3) is 0 Å². The van der Waals surface area contributed by atoms with Gasteiger partial charge in [0, 0.05) is 23.6 Å². The van der Waals surface area contributed by atoms with Crippen LogP contribution in [-0.4, -0.2) is 29.5 Å². The van der Waals surface area contributed by atoms with Gasteiger partial charge in [0.2, 0.25) is 0 Å². The predicted octanol–water partition coefficient (Wildman–Crippen LogP) is 3.28. The smallest absolute Gasteiger partial charge is 0.269 e. The van der Waals surface area contributed by atoms with Crippen molar-refractivity contribution in [2.24, 2.45) is 5.92 Å². The minimum Gasteiger partial charge on any atom is -0.303 e. The van der Waals surface area contributed by atoms with Gasteiger partial charge >= 0.3 is 0 Å². The molecular formula is C17H22N2O2. The average Bonchev–Trinajstić information content (AvgIpc) is 2.50. The lowest BCUT2D eigenvalue weighted by atomic mass is 9.52. The molecule has 1 aromatic carbocycles. The van der Waals surface area contributed by atoms with Crippen molar-refractivity contribution >= 4 is 5.69 Å². The van der Waals surface area contributed by atoms with E-state index in [2.05, 4.69) is 18.0 Å². The van der Waals surface area contributed by atoms with Crippen LogP contribution in [0.1, 0.15) is 43.2 Å². The number of nitro benzene ring substituents is 1. The van der Waals surface area contributed by atoms with Crippen LogP contribution in [0.3, 0.4) is 0 Å². The molecule has 2 bridgehead atoms. The molecule has 3 atom stereocenters. The molecule has 2 aliphatic carbocycles. The number of hydrogen-bond donors (Lipinski definition) is 0. The lowest BCUT2D eigenvalue weighted by Gasteiger charge is -2.58. The highest BCUT2D eigenvalue weighted by atomic mass is 16.6. The first-order valence-corrected chi connectivity index (χ1v) is 8.10. The Morgan fingerprint density at radius 2 is 2.19 bits per heavy atom. The summed E-state index contributed by atoms with van der Waals surface area (Å²) in [6.45, 7) is 1.16. The quantitative estimate of drug-likeness (QED) is 0.588. The fraction of sp³-hybridized carbons (Fsp3) is 0.647. The molecule has 1 aliphatic heterocycles. The summed E-state index contributed by atoms with van der Waals surface area (Å²) < 4.78 is 0. The summed E-state index contributed by atoms with van der Waals surface area (Å²) in [6, 6.07) is 6.22. The van der Waals surface area contributed by atoms with Crippen LogP contribution >= 0.6 is 0 Å². The first-order chi connectivity index (χ1) is 10.1. The van der Waals surface area contributed by atoms with Crippen molar-refractivity contribution < 1.29 is 4.92 Å². The van der Waals surface area contributed by atoms with E-state index in [-0.39, 0.29) is 10.6 Å². The van der Waals surface area contributed by atoms with Gasteiger partial charge in [-0.2, -0.15) is 0 Å². The van der Waals surface area contributed by atoms with E-state index in [1.165, 1.54) is 43.2 Å². The number of likely N-dealkylation sites (N-methyl/N-ethyl adjacent to an activating group) is 1. The van der Waals surface area contributed by atoms with Crippen LogP contribution in [0.15, 0.2) is 18.2 Å². The lowest BCUT2D eigenvalue weighted by Crippen LogP contribution is -2.59. The van der Waals surface area contributed by atoms with Crippen molar-refractivity contribution in [3.8, 4) is 0 Å². The van der Waals surface area contributed by atoms with Gasteiger partial charge in [0.15, 0.2) is 0 Å². The maximum Gasteiger partial charge on any atom is 0.269 e. The number of piperidine rings is 1. The third-order valence-electron chi connectivity index (χ3n) is 6.30. The number of hydrogen-bond acceptors (Lipinski definition) is 3. The number of nitro groups is 1. The second kappa shape index (κ2) is 4.54. The number of benzene rings is 1. The van der Waals surface area contributed by atoms with E-state index >= 15 is 0 Å². The molecule has 4 nitrogen and oxygen atoms in total. The number of nitrogens with zero attached hydrogens (tertiary/aromatic N) is 2. The van der Waals surface area contributed by atoms with Crippen LogP contribution < -0.4 is 0 Å². The SMILES string of the molecule is CN1CC[C@]23CCCC[C@H]2[C@H]1Cc1cc([N+](=O)[O-])ccc13. The maximum absolute atomic E-state index is 11.1. The van der Waals surface area contributed by atoms with Crippen molar-refractivity contribution in [2.45, 2.75) is 50.0 Å². The molecule has 1 saturated heterocycles. The van der Waals surface area contributed by atoms with Crippen LogP contribution in [-0.2, 0) is 11.8 Å². The topological polar surface area (TPSA) is 46.4 Å². The van der Waals surface area contributed by atoms with Gasteiger partial charge in [0.1, 0.15) is 0 Å². The Labute approximate surface area is 125 Å². The zero-order chi connectivity index (χ0) is 14.6. The summed E-state index contributed by atoms with van der Waals surface area (Å²) in [5.41, 5.74) is 3.22. The molecule has 21 heavy (non-hydrogen) atoms. The standard InChI is InChI=1S/C17H22N2O2/c1-18-9-8-17-7-3-2-4-15(17)16(18)11-12-10-13(19(20)21)5-6-14(12)17/h5-6,10,15-16H,2-4,7-9,11H2,1H3/t15-,16+,17-/m0/s1. The molecule has 1 saturated carbocycles. The van der Waals surface area contributed by atoms with E-state index < -0.39 is 0 Å². The lowest BCUT2D eigenvalue weighted by molar-refractivity contribution is -0.385. The molecular weight excluding hydrogens is 264 g/mol. The first kappa shape index (κ1) is 13.3. The Morgan fingerprint density at radius 1 is 1.33 bits per heavy atom. The summed E-state index contributed by atoms with van der Waals surface area (Å²) >= 11 is 0. The third kappa shape index (κ3) is 1.78. The Morgan fingerprint density at radius 3 is 3.00 bits per heavy atom. The molecule has 3 aliphatic rings. The Hall–Kier alpha value is -1.42. The molecule has 2 fully saturated rings. The number of non-ortho nitro benzene ring substituents is 1. The Balaban J connectivity index is 1.87. The zero-order valence-electron chi connectivity index (χ0n) is 12.5. The number of likely N-dealkylation sites (tertiary alicyclic amines) is 1. The Bertz CT molecular complexity index is 600. The highest BCUT2D eigenvalue weighted by Crippen LogP contribution is 2.55. The van der Waals surface area contributed by atoms with Gasteiger partial charge in [-0.15, -0.1) is 0 Å². The molecule has 112 valence electrons. The highest BCUT2D eigenvalue weighted by Gasteiger charge is 2.53. The van der Waals surface area contributed by atoms with Crippen LogP contribution in [0, 0.1) is 16.0 Å². The minimum absolute atomic E-state index is 0.250. The molecule has 0 spiro atoms. The molecule has 0 aromatic heterocycles. The van der Waals surface area contributed by atoms with Gasteiger partial charge < -0.3 is 4.90 Å². The van der Waals surface area contributed by atoms with E-state index in [1.54, 1.807) is 6.07 Å². The predicted molar refractivity (Wildman–Crippen MR) is 81.5 cm³/mol. The van der Waals surface area contributed by atoms with E-state index in [0.717, 1.165) is 18.9 Å². The molecule has 4 heteroatoms. The average molecular weight is 286 g/mol. The van der Waals surface area contributed by atoms with Crippen molar-refractivity contribution in [1.29, 1.82) is 0 Å². The first-order valence-electron chi connectivity index (χ1n) is 8.10. The molecule has 4 rings (SSSR count). The molecule has 0 unspecified atom stereocenters. The van der Waals surface area contributed by atoms with Crippen molar-refractivity contribution in [1.82, 2.24) is 4.90 Å². The maximum atomic E-state index is 11.1. The van der Waals surface area contributed by atoms with Crippen LogP contribution in [0.5, 0.6) is 0 Å². The van der Waals surface area contributed by atoms with Gasteiger partial charge in [-0.3, -0.25) is 10.1 Å². The van der Waals surface area contributed by atoms with E-state index in [4.69, 9.17) is 0 Å². The highest BCUT2D eigenvalue weighted by molar-refractivity contribution is 5.47. The largest absolute Gasteiger partial charge is 0.303 e. The van der Waals surface area contributed by atoms with E-state index in [0.29, 0.717) is 11.5 Å². The summed E-state index contributed by atoms with van der Waals surface area (Å²) in [5, 5.41) is 11.1. The number of rotatable bonds is 1. The monoisotopic (exact) mass is 286 g/mol. The fourth-order valence-electron chi connectivity index (χ4n) is 5.33. The molecule has 0 amide bonds. The second-order valence-corrected chi connectivity index (χ2v) is 7.11. The van der Waals surface area contributed by atoms with Gasteiger partial charge in [-0.25, -0.2) is 0 Å². The normalized spacial score (nSPS) is 34.9. The number of fused-ring (bicyclic) bond motifs is 1. The summed E-state index contributed by atoms with van der Waals surface area (Å²) in [4.78, 5) is 13.3. The minimum atomic E-state index is -0.260. The van der Waals surface area contributed by atoms with Gasteiger partial charge in [-0.1, -0.05) is 18.9 Å². The van der Waals surface area contributed by atoms with Gasteiger partial charge in [-0.05, 0) is 56.3 Å². The van der Waals surface area contributed by atoms with E-state index in [1.807, 2.05) is 6.07 Å². The summed E-state index contributed by atoms with van der Waals surface area (Å²) in [6.07, 6.45) is 7.45. The van der Waals surface area contributed by atoms with Crippen molar-refractivity contribution in [3.63, 3.8) is 0 Å². The molecule has 1 aromatic rings. The fourth-order valence-corrected chi connectivity index (χ4v) is 5.33. The van der Waals surface area contributed by atoms with E-state index in [9.17, 15) is 10.1 Å². The van der Waals surface area contributed by atoms with Crippen molar-refractivity contribution in [3.05, 3.63) is 39.4 Å². The molecule has 0 N–H and O–H groups in total. The Kier molecular flexibility index (Phi) is 2.86. The second-order valence-electron chi connectivity index (χ2n) is 7.11. The van der Waals surface area contributed by atoms with Crippen LogP contribution in [0.2, 0.25) is 0 Å².